The Morgan fingerprint density at radius 1 is 0.971 bits per heavy atom. The van der Waals surface area contributed by atoms with E-state index < -0.39 is 10.8 Å². The molecule has 3 saturated carbocycles. The van der Waals surface area contributed by atoms with Crippen LogP contribution >= 0.6 is 0 Å². The summed E-state index contributed by atoms with van der Waals surface area (Å²) in [6.45, 7) is 23.3. The topological polar surface area (TPSA) is 64.5 Å². The molecule has 5 aliphatic rings. The van der Waals surface area contributed by atoms with Crippen LogP contribution in [0.15, 0.2) is 23.4 Å². The van der Waals surface area contributed by atoms with Gasteiger partial charge in [0.05, 0.1) is 6.57 Å². The van der Waals surface area contributed by atoms with Crippen molar-refractivity contribution in [1.82, 2.24) is 0 Å². The van der Waals surface area contributed by atoms with Crippen LogP contribution in [0.5, 0.6) is 0 Å². The number of carbonyl (C=O) groups excluding carboxylic acids is 2. The molecule has 4 nitrogen and oxygen atoms in total. The smallest absolute Gasteiger partial charge is 0.226 e. The molecule has 0 spiro atoms. The second kappa shape index (κ2) is 6.73. The third-order valence-electron chi connectivity index (χ3n) is 11.9. The lowest BCUT2D eigenvalue weighted by molar-refractivity contribution is -0.158. The maximum absolute atomic E-state index is 14.2. The number of nitrogens with zero attached hydrogens (tertiary/aromatic N) is 1. The highest BCUT2D eigenvalue weighted by atomic mass is 16.1. The monoisotopic (exact) mass is 462 g/mol. The van der Waals surface area contributed by atoms with Gasteiger partial charge in [-0.1, -0.05) is 60.1 Å². The van der Waals surface area contributed by atoms with Gasteiger partial charge >= 0.3 is 0 Å². The van der Waals surface area contributed by atoms with Crippen LogP contribution in [0.25, 0.3) is 4.85 Å². The van der Waals surface area contributed by atoms with E-state index in [1.165, 1.54) is 5.57 Å². The van der Waals surface area contributed by atoms with Crippen LogP contribution in [-0.4, -0.2) is 17.1 Å². The number of Topliss-reactive ketones (excluding diaryl/α,β-unsaturated/α-hetero) is 1. The van der Waals surface area contributed by atoms with E-state index in [9.17, 15) is 9.59 Å². The minimum absolute atomic E-state index is 0.0459. The molecular formula is C30H42N2O2. The first-order valence-electron chi connectivity index (χ1n) is 13.3. The second-order valence-electron chi connectivity index (χ2n) is 14.5. The quantitative estimate of drug-likeness (QED) is 0.432. The number of hydrogen-bond acceptors (Lipinski definition) is 3. The van der Waals surface area contributed by atoms with Crippen LogP contribution in [0.2, 0.25) is 0 Å². The van der Waals surface area contributed by atoms with Gasteiger partial charge in [0.2, 0.25) is 5.70 Å². The molecule has 0 aromatic carbocycles. The molecular weight excluding hydrogens is 420 g/mol. The Morgan fingerprint density at radius 2 is 1.62 bits per heavy atom. The van der Waals surface area contributed by atoms with E-state index in [1.54, 1.807) is 0 Å². The van der Waals surface area contributed by atoms with Crippen molar-refractivity contribution in [2.45, 2.75) is 99.0 Å². The number of fused-ring (bicyclic) bond motifs is 7. The molecule has 2 N–H and O–H groups in total. The second-order valence-corrected chi connectivity index (χ2v) is 14.5. The molecule has 0 aliphatic heterocycles. The average molecular weight is 463 g/mol. The number of ketones is 2. The molecule has 0 aromatic heterocycles. The summed E-state index contributed by atoms with van der Waals surface area (Å²) >= 11 is 0. The molecule has 3 fully saturated rings. The molecule has 0 unspecified atom stereocenters. The zero-order valence-electron chi connectivity index (χ0n) is 22.2. The third-order valence-corrected chi connectivity index (χ3v) is 11.9. The van der Waals surface area contributed by atoms with Crippen molar-refractivity contribution < 1.29 is 9.59 Å². The van der Waals surface area contributed by atoms with E-state index >= 15 is 0 Å². The molecule has 0 radical (unpaired) electrons. The van der Waals surface area contributed by atoms with Gasteiger partial charge in [0.25, 0.3) is 0 Å². The largest absolute Gasteiger partial charge is 0.325 e. The minimum Gasteiger partial charge on any atom is -0.325 e. The first-order chi connectivity index (χ1) is 15.6. The molecule has 0 aromatic rings. The van der Waals surface area contributed by atoms with Crippen LogP contribution in [0.3, 0.4) is 0 Å². The van der Waals surface area contributed by atoms with Crippen LogP contribution in [0.4, 0.5) is 0 Å². The van der Waals surface area contributed by atoms with Crippen molar-refractivity contribution in [3.8, 4) is 0 Å². The van der Waals surface area contributed by atoms with Gasteiger partial charge in [0.15, 0.2) is 11.6 Å². The zero-order valence-corrected chi connectivity index (χ0v) is 22.2. The van der Waals surface area contributed by atoms with Gasteiger partial charge in [-0.2, -0.15) is 0 Å². The first kappa shape index (κ1) is 24.0. The number of rotatable bonds is 0. The molecule has 34 heavy (non-hydrogen) atoms. The predicted molar refractivity (Wildman–Crippen MR) is 134 cm³/mol. The maximum Gasteiger partial charge on any atom is 0.226 e. The Labute approximate surface area is 205 Å². The fourth-order valence-electron chi connectivity index (χ4n) is 9.64. The van der Waals surface area contributed by atoms with Gasteiger partial charge in [-0.15, -0.1) is 0 Å². The van der Waals surface area contributed by atoms with Crippen LogP contribution in [-0.2, 0) is 9.59 Å². The Bertz CT molecular complexity index is 1090. The van der Waals surface area contributed by atoms with Crippen molar-refractivity contribution in [1.29, 1.82) is 0 Å². The van der Waals surface area contributed by atoms with Crippen molar-refractivity contribution in [3.05, 3.63) is 34.8 Å². The minimum atomic E-state index is -0.612. The van der Waals surface area contributed by atoms with Crippen molar-refractivity contribution in [2.75, 3.05) is 0 Å². The summed E-state index contributed by atoms with van der Waals surface area (Å²) in [5, 5.41) is 0. The SMILES string of the molecule is [C-]#[N+]C1=C[C@]2(C)C3=CC(=O)[C@@H]4[C@@H]5CC(C)(C)CC[C@]5(N)CC[C@@]4(C)[C@]3(C)CC[C@H]2C(C)(C)C1=O. The van der Waals surface area contributed by atoms with Gasteiger partial charge in [-0.05, 0) is 79.1 Å². The number of nitrogens with two attached hydrogens (primary N) is 1. The van der Waals surface area contributed by atoms with Crippen molar-refractivity contribution in [2.24, 2.45) is 50.6 Å². The van der Waals surface area contributed by atoms with E-state index in [0.29, 0.717) is 0 Å². The molecule has 5 aliphatic carbocycles. The van der Waals surface area contributed by atoms with E-state index in [1.807, 2.05) is 26.0 Å². The summed E-state index contributed by atoms with van der Waals surface area (Å²) in [6, 6.07) is 0. The van der Waals surface area contributed by atoms with E-state index in [-0.39, 0.29) is 56.8 Å². The summed E-state index contributed by atoms with van der Waals surface area (Å²) in [5.74, 6) is 0.441. The van der Waals surface area contributed by atoms with Gasteiger partial charge in [0.1, 0.15) is 0 Å². The molecule has 0 saturated heterocycles. The Morgan fingerprint density at radius 3 is 2.26 bits per heavy atom. The number of allylic oxidation sites excluding steroid dienone is 4. The number of carbonyl (C=O) groups is 2. The third kappa shape index (κ3) is 2.74. The highest BCUT2D eigenvalue weighted by Gasteiger charge is 2.69. The molecule has 184 valence electrons. The average Bonchev–Trinajstić information content (AvgIpc) is 2.74. The summed E-state index contributed by atoms with van der Waals surface area (Å²) in [7, 11) is 0. The Balaban J connectivity index is 1.69. The fraction of sp³-hybridized carbons (Fsp3) is 0.767. The lowest BCUT2D eigenvalue weighted by Gasteiger charge is -2.69. The highest BCUT2D eigenvalue weighted by Crippen LogP contribution is 2.73. The molecule has 0 heterocycles. The van der Waals surface area contributed by atoms with Crippen molar-refractivity contribution in [3.63, 3.8) is 0 Å². The van der Waals surface area contributed by atoms with Crippen molar-refractivity contribution >= 4 is 11.6 Å². The van der Waals surface area contributed by atoms with Crippen LogP contribution in [0.1, 0.15) is 93.4 Å². The summed E-state index contributed by atoms with van der Waals surface area (Å²) in [6.07, 6.45) is 10.9. The lowest BCUT2D eigenvalue weighted by Crippen LogP contribution is -2.68. The predicted octanol–water partition coefficient (Wildman–Crippen LogP) is 6.27. The van der Waals surface area contributed by atoms with Gasteiger partial charge < -0.3 is 10.5 Å². The van der Waals surface area contributed by atoms with E-state index in [0.717, 1.165) is 44.9 Å². The highest BCUT2D eigenvalue weighted by molar-refractivity contribution is 6.03. The summed E-state index contributed by atoms with van der Waals surface area (Å²) in [5.41, 5.74) is 7.08. The standard InChI is InChI=1S/C30H42N2O2/c1-25(2)11-13-30(31)14-12-29(7)23(18(30)16-25)20(33)15-22-27(5)17-19(32-8)24(34)26(3,4)21(27)9-10-28(22,29)6/h15,17-18,21,23H,9-14,16,31H2,1-7H3/t18-,21-,23-,27-,28+,29+,30-/m0/s1. The van der Waals surface area contributed by atoms with E-state index in [2.05, 4.69) is 39.5 Å². The van der Waals surface area contributed by atoms with Crippen LogP contribution < -0.4 is 5.73 Å². The van der Waals surface area contributed by atoms with Gasteiger partial charge in [0, 0.05) is 22.3 Å². The molecule has 4 heteroatoms. The normalized spacial score (nSPS) is 48.9. The lowest BCUT2D eigenvalue weighted by atomic mass is 9.35. The molecule has 0 bridgehead atoms. The summed E-state index contributed by atoms with van der Waals surface area (Å²) < 4.78 is 0. The molecule has 7 atom stereocenters. The van der Waals surface area contributed by atoms with Gasteiger partial charge in [-0.25, -0.2) is 4.85 Å². The summed E-state index contributed by atoms with van der Waals surface area (Å²) in [4.78, 5) is 30.9. The number of hydrogen-bond donors (Lipinski definition) is 1. The maximum atomic E-state index is 14.2. The first-order valence-corrected chi connectivity index (χ1v) is 13.3. The molecule has 5 rings (SSSR count). The molecule has 0 amide bonds. The van der Waals surface area contributed by atoms with E-state index in [4.69, 9.17) is 12.3 Å². The van der Waals surface area contributed by atoms with Gasteiger partial charge in [-0.3, -0.25) is 4.79 Å². The Hall–Kier alpha value is -1.73. The zero-order chi connectivity index (χ0) is 25.1. The Kier molecular flexibility index (Phi) is 4.74. The fourth-order valence-corrected chi connectivity index (χ4v) is 9.64. The van der Waals surface area contributed by atoms with Crippen LogP contribution in [0, 0.1) is 51.4 Å².